The lowest BCUT2D eigenvalue weighted by Crippen LogP contribution is -2.75. The summed E-state index contributed by atoms with van der Waals surface area (Å²) >= 11 is 0. The number of carbonyl (C=O) groups is 3. The zero-order valence-electron chi connectivity index (χ0n) is 38.7. The van der Waals surface area contributed by atoms with Crippen molar-refractivity contribution in [1.82, 2.24) is 0 Å². The van der Waals surface area contributed by atoms with E-state index in [4.69, 9.17) is 33.2 Å². The third-order valence-corrected chi connectivity index (χ3v) is 17.1. The van der Waals surface area contributed by atoms with Crippen molar-refractivity contribution in [2.24, 2.45) is 35.5 Å². The maximum absolute atomic E-state index is 14.6. The number of epoxide rings is 1. The average molecular weight is 929 g/mol. The topological polar surface area (TPSA) is 180 Å². The largest absolute Gasteiger partial charge is 0.462 e. The summed E-state index contributed by atoms with van der Waals surface area (Å²) in [6.07, 6.45) is -2.07. The van der Waals surface area contributed by atoms with E-state index in [1.165, 1.54) is 0 Å². The van der Waals surface area contributed by atoms with Crippen molar-refractivity contribution in [3.63, 3.8) is 0 Å². The first kappa shape index (κ1) is 45.5. The summed E-state index contributed by atoms with van der Waals surface area (Å²) in [5.41, 5.74) is -5.70. The van der Waals surface area contributed by atoms with Crippen molar-refractivity contribution in [3.05, 3.63) is 132 Å². The highest BCUT2D eigenvalue weighted by molar-refractivity contribution is 5.95. The minimum atomic E-state index is -2.35. The lowest BCUT2D eigenvalue weighted by atomic mass is 9.51. The van der Waals surface area contributed by atoms with Gasteiger partial charge in [0.05, 0.1) is 35.5 Å². The van der Waals surface area contributed by atoms with Crippen molar-refractivity contribution in [1.29, 1.82) is 0 Å². The number of carbonyl (C=O) groups excluding carboxylic acids is 3. The highest BCUT2D eigenvalue weighted by atomic mass is 16.9. The summed E-state index contributed by atoms with van der Waals surface area (Å²) in [5, 5.41) is 40.6. The second kappa shape index (κ2) is 16.6. The first-order chi connectivity index (χ1) is 32.7. The smallest absolute Gasteiger partial charge is 0.338 e. The molecule has 4 aliphatic heterocycles. The molecular weight excluding hydrogens is 869 g/mol. The van der Waals surface area contributed by atoms with Gasteiger partial charge in [0.25, 0.3) is 0 Å². The Labute approximate surface area is 395 Å². The summed E-state index contributed by atoms with van der Waals surface area (Å²) in [7, 11) is 0. The second-order valence-corrected chi connectivity index (χ2v) is 20.7. The Kier molecular flexibility index (Phi) is 11.1. The van der Waals surface area contributed by atoms with Crippen LogP contribution < -0.4 is 0 Å². The van der Waals surface area contributed by atoms with Gasteiger partial charge in [-0.15, -0.1) is 0 Å². The molecule has 13 nitrogen and oxygen atoms in total. The van der Waals surface area contributed by atoms with E-state index >= 15 is 0 Å². The Hall–Kier alpha value is -4.99. The fourth-order valence-corrected chi connectivity index (χ4v) is 14.0. The third-order valence-electron chi connectivity index (χ3n) is 17.1. The summed E-state index contributed by atoms with van der Waals surface area (Å²) in [5.74, 6) is -8.10. The number of hydrogen-bond acceptors (Lipinski definition) is 13. The number of hydrogen-bond donors (Lipinski definition) is 3. The van der Waals surface area contributed by atoms with Crippen LogP contribution in [-0.2, 0) is 33.2 Å². The van der Waals surface area contributed by atoms with E-state index in [0.717, 1.165) is 36.5 Å². The van der Waals surface area contributed by atoms with Gasteiger partial charge in [-0.1, -0.05) is 113 Å². The normalized spacial score (nSPS) is 40.9. The molecular formula is C55H60O13. The van der Waals surface area contributed by atoms with Crippen LogP contribution in [0.3, 0.4) is 0 Å². The van der Waals surface area contributed by atoms with Crippen LogP contribution in [0.1, 0.15) is 96.8 Å². The number of rotatable bonds is 9. The predicted molar refractivity (Wildman–Crippen MR) is 246 cm³/mol. The van der Waals surface area contributed by atoms with Crippen molar-refractivity contribution in [3.8, 4) is 0 Å². The summed E-state index contributed by atoms with van der Waals surface area (Å²) in [6, 6.07) is 30.3. The van der Waals surface area contributed by atoms with Gasteiger partial charge in [-0.3, -0.25) is 0 Å². The molecule has 68 heavy (non-hydrogen) atoms. The van der Waals surface area contributed by atoms with E-state index in [1.54, 1.807) is 66.7 Å². The first-order valence-corrected chi connectivity index (χ1v) is 24.4. The number of aliphatic hydroxyl groups excluding tert-OH is 2. The number of ether oxygens (including phenoxy) is 7. The molecule has 3 saturated carbocycles. The minimum Gasteiger partial charge on any atom is -0.462 e. The highest BCUT2D eigenvalue weighted by Gasteiger charge is 2.91. The Morgan fingerprint density at radius 3 is 2.09 bits per heavy atom. The van der Waals surface area contributed by atoms with Gasteiger partial charge >= 0.3 is 23.9 Å². The Morgan fingerprint density at radius 2 is 1.40 bits per heavy atom. The minimum absolute atomic E-state index is 0.115. The standard InChI is InChI=1S/C55H60O13/c1-31(2)51-28-39(29-62-47(57)35-19-10-7-11-20-35)54-42-45(51)66-55(67-51,68-54)40(63-49(59)38-26-25-34-18-15-16-23-37(34)27-38)24-14-6-5-9-17-32(3)41-33(4)44(64-48(58)36-21-12-8-13-22-36)53(61,43(41)54)50(60)52(30-56)46(42)65-52/h7-8,10-13,15-16,18-23,25-27,32-33,39-46,50,56,60-61H,1,5-6,9,14,17,24,28-30H2,2-4H3/t32-,33+,39+,40-,41?,42?,43?,44+,45-,46+,50-,51-,52+,53-,54-,55?/m1/s1. The van der Waals surface area contributed by atoms with E-state index in [1.807, 2.05) is 50.2 Å². The monoisotopic (exact) mass is 928 g/mol. The fraction of sp³-hybridized carbons (Fsp3) is 0.509. The molecule has 3 N–H and O–H groups in total. The van der Waals surface area contributed by atoms with E-state index in [9.17, 15) is 29.7 Å². The maximum atomic E-state index is 14.6. The summed E-state index contributed by atoms with van der Waals surface area (Å²) < 4.78 is 48.5. The zero-order chi connectivity index (χ0) is 47.4. The van der Waals surface area contributed by atoms with Gasteiger partial charge in [0.1, 0.15) is 41.2 Å². The molecule has 0 amide bonds. The summed E-state index contributed by atoms with van der Waals surface area (Å²) in [6.45, 7) is 9.45. The number of esters is 3. The van der Waals surface area contributed by atoms with Crippen LogP contribution in [-0.4, -0.2) is 105 Å². The molecule has 4 heterocycles. The molecule has 0 radical (unpaired) electrons. The quantitative estimate of drug-likeness (QED) is 0.0658. The Bertz CT molecular complexity index is 2620. The highest BCUT2D eigenvalue weighted by Crippen LogP contribution is 2.76. The lowest BCUT2D eigenvalue weighted by Gasteiger charge is -2.62. The van der Waals surface area contributed by atoms with E-state index in [-0.39, 0.29) is 30.9 Å². The molecule has 7 fully saturated rings. The van der Waals surface area contributed by atoms with E-state index in [0.29, 0.717) is 23.1 Å². The average Bonchev–Trinajstić information content (AvgIpc) is 3.99. The van der Waals surface area contributed by atoms with Crippen LogP contribution in [0.15, 0.2) is 115 Å². The van der Waals surface area contributed by atoms with Gasteiger partial charge in [0.2, 0.25) is 0 Å². The molecule has 13 heteroatoms. The molecule has 16 atom stereocenters. The van der Waals surface area contributed by atoms with Gasteiger partial charge in [-0.25, -0.2) is 14.4 Å². The van der Waals surface area contributed by atoms with Gasteiger partial charge in [-0.05, 0) is 96.7 Å². The zero-order valence-corrected chi connectivity index (χ0v) is 38.7. The van der Waals surface area contributed by atoms with Crippen LogP contribution in [0.4, 0.5) is 0 Å². The van der Waals surface area contributed by atoms with Crippen molar-refractivity contribution >= 4 is 28.7 Å². The van der Waals surface area contributed by atoms with Crippen molar-refractivity contribution in [2.45, 2.75) is 125 Å². The SMILES string of the molecule is C=C(C)[C@]12C[C@@H](COC(=O)c3ccccc3)[C@@]34OC5(O[C@@H]1C3[C@@H]1O[C@]1(CO)[C@@H](O)[C@@]1(O)C4C([C@H](C)CCCCCC[C@H]5OC(=O)c3ccc4ccccc4c3)[C@H](C)[C@@H]1OC(=O)c1ccccc1)O2. The number of benzene rings is 4. The van der Waals surface area contributed by atoms with E-state index in [2.05, 4.69) is 13.5 Å². The Morgan fingerprint density at radius 1 is 0.750 bits per heavy atom. The van der Waals surface area contributed by atoms with Crippen LogP contribution in [0.2, 0.25) is 0 Å². The van der Waals surface area contributed by atoms with Crippen LogP contribution >= 0.6 is 0 Å². The maximum Gasteiger partial charge on any atom is 0.338 e. The molecule has 358 valence electrons. The van der Waals surface area contributed by atoms with Crippen LogP contribution in [0.5, 0.6) is 0 Å². The van der Waals surface area contributed by atoms with Crippen LogP contribution in [0, 0.1) is 35.5 Å². The molecule has 3 aliphatic carbocycles. The van der Waals surface area contributed by atoms with Gasteiger partial charge in [0.15, 0.2) is 6.10 Å². The molecule has 4 aromatic rings. The van der Waals surface area contributed by atoms with Gasteiger partial charge < -0.3 is 48.5 Å². The molecule has 11 rings (SSSR count). The predicted octanol–water partition coefficient (Wildman–Crippen LogP) is 7.34. The number of aliphatic hydroxyl groups is 3. The van der Waals surface area contributed by atoms with E-state index < -0.39 is 113 Å². The third kappa shape index (κ3) is 6.56. The van der Waals surface area contributed by atoms with Crippen LogP contribution in [0.25, 0.3) is 10.8 Å². The van der Waals surface area contributed by atoms with Crippen molar-refractivity contribution in [2.75, 3.05) is 13.2 Å². The Balaban J connectivity index is 1.12. The molecule has 2 spiro atoms. The first-order valence-electron chi connectivity index (χ1n) is 24.4. The molecule has 3 bridgehead atoms. The molecule has 7 aliphatic rings. The number of fused-ring (bicyclic) bond motifs is 2. The molecule has 4 saturated heterocycles. The summed E-state index contributed by atoms with van der Waals surface area (Å²) in [4.78, 5) is 42.9. The van der Waals surface area contributed by atoms with Gasteiger partial charge in [-0.2, -0.15) is 0 Å². The van der Waals surface area contributed by atoms with Gasteiger partial charge in [0, 0.05) is 17.8 Å². The lowest BCUT2D eigenvalue weighted by molar-refractivity contribution is -0.458. The second-order valence-electron chi connectivity index (χ2n) is 20.7. The molecule has 4 aromatic carbocycles. The molecule has 4 unspecified atom stereocenters. The molecule has 0 aromatic heterocycles. The fourth-order valence-electron chi connectivity index (χ4n) is 14.0. The van der Waals surface area contributed by atoms with Crippen molar-refractivity contribution < 1.29 is 62.9 Å².